The second kappa shape index (κ2) is 4.18. The zero-order valence-electron chi connectivity index (χ0n) is 9.06. The normalized spacial score (nSPS) is 10.1. The molecule has 0 aliphatic heterocycles. The predicted octanol–water partition coefficient (Wildman–Crippen LogP) is 2.55. The fourth-order valence-electron chi connectivity index (χ4n) is 1.46. The summed E-state index contributed by atoms with van der Waals surface area (Å²) in [7, 11) is 1.59. The maximum absolute atomic E-state index is 11.3. The Morgan fingerprint density at radius 1 is 1.44 bits per heavy atom. The van der Waals surface area contributed by atoms with E-state index in [1.54, 1.807) is 13.2 Å². The average molecular weight is 217 g/mol. The van der Waals surface area contributed by atoms with E-state index in [9.17, 15) is 4.79 Å². The lowest BCUT2D eigenvalue weighted by Gasteiger charge is -2.02. The van der Waals surface area contributed by atoms with Crippen molar-refractivity contribution >= 4 is 5.78 Å². The van der Waals surface area contributed by atoms with Gasteiger partial charge in [-0.2, -0.15) is 0 Å². The Balaban J connectivity index is 2.50. The van der Waals surface area contributed by atoms with Gasteiger partial charge in [-0.3, -0.25) is 4.79 Å². The lowest BCUT2D eigenvalue weighted by Crippen LogP contribution is -1.92. The van der Waals surface area contributed by atoms with E-state index >= 15 is 0 Å². The Kier molecular flexibility index (Phi) is 2.72. The van der Waals surface area contributed by atoms with Crippen LogP contribution in [0, 0.1) is 0 Å². The number of rotatable bonds is 3. The summed E-state index contributed by atoms with van der Waals surface area (Å²) < 4.78 is 10.2. The second-order valence-corrected chi connectivity index (χ2v) is 3.36. The van der Waals surface area contributed by atoms with Crippen molar-refractivity contribution in [1.82, 2.24) is 5.16 Å². The van der Waals surface area contributed by atoms with E-state index in [0.717, 1.165) is 5.56 Å². The summed E-state index contributed by atoms with van der Waals surface area (Å²) in [6, 6.07) is 7.30. The summed E-state index contributed by atoms with van der Waals surface area (Å²) in [6.07, 6.45) is 1.43. The molecule has 0 saturated carbocycles. The number of nitrogens with zero attached hydrogens (tertiary/aromatic N) is 1. The third kappa shape index (κ3) is 1.82. The summed E-state index contributed by atoms with van der Waals surface area (Å²) in [4.78, 5) is 11.3. The lowest BCUT2D eigenvalue weighted by molar-refractivity contribution is 0.101. The Bertz CT molecular complexity index is 516. The van der Waals surface area contributed by atoms with Gasteiger partial charge in [-0.05, 0) is 19.1 Å². The first kappa shape index (κ1) is 10.4. The lowest BCUT2D eigenvalue weighted by atomic mass is 10.1. The Morgan fingerprint density at radius 2 is 2.25 bits per heavy atom. The number of Topliss-reactive ketones (excluding diaryl/α,β-unsaturated/α-hetero) is 1. The maximum atomic E-state index is 11.3. The molecule has 2 aromatic rings. The minimum Gasteiger partial charge on any atom is -0.497 e. The summed E-state index contributed by atoms with van der Waals surface area (Å²) in [5.74, 6) is 1.12. The summed E-state index contributed by atoms with van der Waals surface area (Å²) in [5.41, 5.74) is 1.26. The van der Waals surface area contributed by atoms with Crippen LogP contribution >= 0.6 is 0 Å². The van der Waals surface area contributed by atoms with Crippen molar-refractivity contribution in [3.8, 4) is 17.1 Å². The van der Waals surface area contributed by atoms with Gasteiger partial charge < -0.3 is 9.26 Å². The van der Waals surface area contributed by atoms with E-state index < -0.39 is 0 Å². The smallest absolute Gasteiger partial charge is 0.177 e. The first-order valence-corrected chi connectivity index (χ1v) is 4.82. The Labute approximate surface area is 92.8 Å². The van der Waals surface area contributed by atoms with Gasteiger partial charge in [0.05, 0.1) is 18.9 Å². The monoisotopic (exact) mass is 217 g/mol. The van der Waals surface area contributed by atoms with Crippen molar-refractivity contribution in [2.75, 3.05) is 7.11 Å². The number of benzene rings is 1. The van der Waals surface area contributed by atoms with Gasteiger partial charge in [0.15, 0.2) is 11.5 Å². The molecule has 0 radical (unpaired) electrons. The van der Waals surface area contributed by atoms with Crippen LogP contribution in [0.5, 0.6) is 5.75 Å². The molecule has 0 saturated heterocycles. The van der Waals surface area contributed by atoms with E-state index in [1.807, 2.05) is 18.2 Å². The SMILES string of the molecule is COc1cccc(-c2oncc2C(C)=O)c1. The van der Waals surface area contributed by atoms with Crippen LogP contribution in [0.1, 0.15) is 17.3 Å². The molecule has 0 fully saturated rings. The number of ether oxygens (including phenoxy) is 1. The molecule has 0 atom stereocenters. The minimum atomic E-state index is -0.0703. The van der Waals surface area contributed by atoms with Gasteiger partial charge in [-0.15, -0.1) is 0 Å². The van der Waals surface area contributed by atoms with Crippen LogP contribution < -0.4 is 4.74 Å². The molecule has 82 valence electrons. The molecule has 1 aromatic heterocycles. The molecular weight excluding hydrogens is 206 g/mol. The van der Waals surface area contributed by atoms with Gasteiger partial charge in [0.25, 0.3) is 0 Å². The van der Waals surface area contributed by atoms with Crippen LogP contribution in [-0.2, 0) is 0 Å². The molecule has 0 spiro atoms. The molecule has 0 aliphatic rings. The van der Waals surface area contributed by atoms with Crippen LogP contribution in [0.4, 0.5) is 0 Å². The molecule has 0 unspecified atom stereocenters. The topological polar surface area (TPSA) is 52.3 Å². The van der Waals surface area contributed by atoms with Crippen molar-refractivity contribution < 1.29 is 14.1 Å². The first-order chi connectivity index (χ1) is 7.72. The van der Waals surface area contributed by atoms with Gasteiger partial charge in [-0.1, -0.05) is 17.3 Å². The van der Waals surface area contributed by atoms with Crippen molar-refractivity contribution in [3.63, 3.8) is 0 Å². The van der Waals surface area contributed by atoms with Gasteiger partial charge in [0, 0.05) is 5.56 Å². The molecule has 4 heteroatoms. The van der Waals surface area contributed by atoms with E-state index in [2.05, 4.69) is 5.16 Å². The van der Waals surface area contributed by atoms with Crippen LogP contribution in [0.3, 0.4) is 0 Å². The van der Waals surface area contributed by atoms with E-state index in [0.29, 0.717) is 17.1 Å². The zero-order chi connectivity index (χ0) is 11.5. The Morgan fingerprint density at radius 3 is 2.94 bits per heavy atom. The molecule has 0 N–H and O–H groups in total. The summed E-state index contributed by atoms with van der Waals surface area (Å²) in [6.45, 7) is 1.48. The van der Waals surface area contributed by atoms with E-state index in [1.165, 1.54) is 13.1 Å². The maximum Gasteiger partial charge on any atom is 0.177 e. The largest absolute Gasteiger partial charge is 0.497 e. The van der Waals surface area contributed by atoms with Gasteiger partial charge in [-0.25, -0.2) is 0 Å². The molecule has 0 bridgehead atoms. The summed E-state index contributed by atoms with van der Waals surface area (Å²) >= 11 is 0. The van der Waals surface area contributed by atoms with E-state index in [4.69, 9.17) is 9.26 Å². The van der Waals surface area contributed by atoms with Crippen molar-refractivity contribution in [2.45, 2.75) is 6.92 Å². The highest BCUT2D eigenvalue weighted by Gasteiger charge is 2.14. The molecule has 1 heterocycles. The average Bonchev–Trinajstić information content (AvgIpc) is 2.78. The summed E-state index contributed by atoms with van der Waals surface area (Å²) in [5, 5.41) is 3.64. The number of hydrogen-bond donors (Lipinski definition) is 0. The highest BCUT2D eigenvalue weighted by molar-refractivity contribution is 5.99. The van der Waals surface area contributed by atoms with Crippen LogP contribution in [0.15, 0.2) is 35.0 Å². The molecule has 0 aliphatic carbocycles. The predicted molar refractivity (Wildman–Crippen MR) is 58.5 cm³/mol. The third-order valence-corrected chi connectivity index (χ3v) is 2.28. The number of aromatic nitrogens is 1. The molecule has 0 amide bonds. The quantitative estimate of drug-likeness (QED) is 0.741. The van der Waals surface area contributed by atoms with Gasteiger partial charge in [0.2, 0.25) is 0 Å². The second-order valence-electron chi connectivity index (χ2n) is 3.36. The van der Waals surface area contributed by atoms with Crippen LogP contribution in [-0.4, -0.2) is 18.0 Å². The molecule has 16 heavy (non-hydrogen) atoms. The minimum absolute atomic E-state index is 0.0703. The first-order valence-electron chi connectivity index (χ1n) is 4.82. The molecule has 2 rings (SSSR count). The number of hydrogen-bond acceptors (Lipinski definition) is 4. The zero-order valence-corrected chi connectivity index (χ0v) is 9.06. The molecular formula is C12H11NO3. The number of methoxy groups -OCH3 is 1. The van der Waals surface area contributed by atoms with Crippen LogP contribution in [0.2, 0.25) is 0 Å². The Hall–Kier alpha value is -2.10. The highest BCUT2D eigenvalue weighted by atomic mass is 16.5. The van der Waals surface area contributed by atoms with Crippen molar-refractivity contribution in [3.05, 3.63) is 36.0 Å². The number of carbonyl (C=O) groups is 1. The third-order valence-electron chi connectivity index (χ3n) is 2.28. The molecule has 4 nitrogen and oxygen atoms in total. The number of ketones is 1. The molecule has 1 aromatic carbocycles. The fraction of sp³-hybridized carbons (Fsp3) is 0.167. The number of carbonyl (C=O) groups excluding carboxylic acids is 1. The van der Waals surface area contributed by atoms with E-state index in [-0.39, 0.29) is 5.78 Å². The highest BCUT2D eigenvalue weighted by Crippen LogP contribution is 2.26. The van der Waals surface area contributed by atoms with Gasteiger partial charge in [0.1, 0.15) is 5.75 Å². The van der Waals surface area contributed by atoms with Crippen molar-refractivity contribution in [2.24, 2.45) is 0 Å². The van der Waals surface area contributed by atoms with Crippen LogP contribution in [0.25, 0.3) is 11.3 Å². The standard InChI is InChI=1S/C12H11NO3/c1-8(14)11-7-13-16-12(11)9-4-3-5-10(6-9)15-2/h3-7H,1-2H3. The fourth-order valence-corrected chi connectivity index (χ4v) is 1.46. The van der Waals surface area contributed by atoms with Crippen molar-refractivity contribution in [1.29, 1.82) is 0 Å². The van der Waals surface area contributed by atoms with Gasteiger partial charge >= 0.3 is 0 Å².